The Morgan fingerprint density at radius 2 is 1.86 bits per heavy atom. The maximum Gasteiger partial charge on any atom is 0.119 e. The van der Waals surface area contributed by atoms with E-state index in [0.717, 1.165) is 31.9 Å². The van der Waals surface area contributed by atoms with Crippen LogP contribution in [0.15, 0.2) is 24.3 Å². The molecule has 1 rings (SSSR count). The first kappa shape index (κ1) is 18.0. The normalized spacial score (nSPS) is 12.3. The predicted octanol–water partition coefficient (Wildman–Crippen LogP) is 3.01. The van der Waals surface area contributed by atoms with E-state index in [2.05, 4.69) is 24.4 Å². The maximum atomic E-state index is 5.70. The first-order valence-corrected chi connectivity index (χ1v) is 7.74. The summed E-state index contributed by atoms with van der Waals surface area (Å²) >= 11 is 0. The van der Waals surface area contributed by atoms with E-state index in [0.29, 0.717) is 6.61 Å². The molecule has 0 spiro atoms. The Kier molecular flexibility index (Phi) is 9.87. The van der Waals surface area contributed by atoms with Gasteiger partial charge in [0, 0.05) is 27.3 Å². The highest BCUT2D eigenvalue weighted by Gasteiger charge is 2.05. The molecule has 1 aromatic carbocycles. The lowest BCUT2D eigenvalue weighted by atomic mass is 10.2. The molecule has 0 aliphatic carbocycles. The van der Waals surface area contributed by atoms with Crippen molar-refractivity contribution in [2.24, 2.45) is 0 Å². The van der Waals surface area contributed by atoms with Crippen molar-refractivity contribution >= 4 is 0 Å². The summed E-state index contributed by atoms with van der Waals surface area (Å²) in [6, 6.07) is 8.26. The Morgan fingerprint density at radius 1 is 1.10 bits per heavy atom. The number of benzene rings is 1. The molecule has 1 unspecified atom stereocenters. The van der Waals surface area contributed by atoms with Gasteiger partial charge in [-0.15, -0.1) is 0 Å². The SMILES string of the molecule is CCCCCOc1ccc(CNCC(COC)OC)cc1. The second-order valence-corrected chi connectivity index (χ2v) is 5.14. The summed E-state index contributed by atoms with van der Waals surface area (Å²) in [5.41, 5.74) is 1.24. The Bertz CT molecular complexity index is 354. The van der Waals surface area contributed by atoms with Crippen molar-refractivity contribution in [3.63, 3.8) is 0 Å². The Labute approximate surface area is 128 Å². The molecule has 0 saturated carbocycles. The van der Waals surface area contributed by atoms with Crippen LogP contribution in [0, 0.1) is 0 Å². The Hall–Kier alpha value is -1.10. The molecule has 1 atom stereocenters. The zero-order chi connectivity index (χ0) is 15.3. The van der Waals surface area contributed by atoms with Crippen LogP contribution in [0.2, 0.25) is 0 Å². The van der Waals surface area contributed by atoms with Gasteiger partial charge in [0.15, 0.2) is 0 Å². The van der Waals surface area contributed by atoms with E-state index >= 15 is 0 Å². The van der Waals surface area contributed by atoms with E-state index in [-0.39, 0.29) is 6.10 Å². The molecule has 4 nitrogen and oxygen atoms in total. The summed E-state index contributed by atoms with van der Waals surface area (Å²) < 4.78 is 16.1. The van der Waals surface area contributed by atoms with Gasteiger partial charge in [-0.2, -0.15) is 0 Å². The summed E-state index contributed by atoms with van der Waals surface area (Å²) in [5, 5.41) is 3.37. The van der Waals surface area contributed by atoms with Crippen LogP contribution in [0.3, 0.4) is 0 Å². The monoisotopic (exact) mass is 295 g/mol. The van der Waals surface area contributed by atoms with Gasteiger partial charge in [0.2, 0.25) is 0 Å². The highest BCUT2D eigenvalue weighted by Crippen LogP contribution is 2.12. The molecule has 1 aromatic rings. The molecular weight excluding hydrogens is 266 g/mol. The molecule has 120 valence electrons. The van der Waals surface area contributed by atoms with E-state index in [9.17, 15) is 0 Å². The van der Waals surface area contributed by atoms with E-state index in [1.807, 2.05) is 12.1 Å². The van der Waals surface area contributed by atoms with E-state index in [1.54, 1.807) is 14.2 Å². The molecule has 0 fully saturated rings. The molecule has 4 heteroatoms. The highest BCUT2D eigenvalue weighted by molar-refractivity contribution is 5.27. The van der Waals surface area contributed by atoms with E-state index < -0.39 is 0 Å². The van der Waals surface area contributed by atoms with Crippen LogP contribution < -0.4 is 10.1 Å². The zero-order valence-electron chi connectivity index (χ0n) is 13.6. The molecule has 0 saturated heterocycles. The van der Waals surface area contributed by atoms with Crippen LogP contribution >= 0.6 is 0 Å². The van der Waals surface area contributed by atoms with Crippen LogP contribution in [0.25, 0.3) is 0 Å². The summed E-state index contributed by atoms with van der Waals surface area (Å²) in [5.74, 6) is 0.948. The lowest BCUT2D eigenvalue weighted by molar-refractivity contribution is 0.0288. The molecule has 0 radical (unpaired) electrons. The molecular formula is C17H29NO3. The number of rotatable bonds is 12. The predicted molar refractivity (Wildman–Crippen MR) is 85.8 cm³/mol. The molecule has 0 amide bonds. The summed E-state index contributed by atoms with van der Waals surface area (Å²) in [7, 11) is 3.39. The van der Waals surface area contributed by atoms with E-state index in [1.165, 1.54) is 18.4 Å². The third-order valence-corrected chi connectivity index (χ3v) is 3.33. The third-order valence-electron chi connectivity index (χ3n) is 3.33. The van der Waals surface area contributed by atoms with Crippen molar-refractivity contribution in [2.45, 2.75) is 38.8 Å². The Balaban J connectivity index is 2.24. The fourth-order valence-electron chi connectivity index (χ4n) is 2.02. The molecule has 0 heterocycles. The topological polar surface area (TPSA) is 39.7 Å². The molecule has 1 N–H and O–H groups in total. The minimum atomic E-state index is 0.0937. The molecule has 0 aromatic heterocycles. The molecule has 21 heavy (non-hydrogen) atoms. The van der Waals surface area contributed by atoms with Crippen LogP contribution in [-0.2, 0) is 16.0 Å². The number of hydrogen-bond acceptors (Lipinski definition) is 4. The average molecular weight is 295 g/mol. The number of ether oxygens (including phenoxy) is 3. The quantitative estimate of drug-likeness (QED) is 0.602. The van der Waals surface area contributed by atoms with Crippen molar-refractivity contribution in [1.82, 2.24) is 5.32 Å². The minimum Gasteiger partial charge on any atom is -0.494 e. The number of unbranched alkanes of at least 4 members (excludes halogenated alkanes) is 2. The van der Waals surface area contributed by atoms with Gasteiger partial charge in [0.25, 0.3) is 0 Å². The smallest absolute Gasteiger partial charge is 0.119 e. The second kappa shape index (κ2) is 11.5. The standard InChI is InChI=1S/C17H29NO3/c1-4-5-6-11-21-16-9-7-15(8-10-16)12-18-13-17(20-3)14-19-2/h7-10,17-18H,4-6,11-14H2,1-3H3. The molecule has 0 aliphatic heterocycles. The zero-order valence-corrected chi connectivity index (χ0v) is 13.6. The first-order valence-electron chi connectivity index (χ1n) is 7.74. The van der Waals surface area contributed by atoms with Crippen LogP contribution in [-0.4, -0.2) is 40.1 Å². The van der Waals surface area contributed by atoms with Gasteiger partial charge >= 0.3 is 0 Å². The summed E-state index contributed by atoms with van der Waals surface area (Å²) in [4.78, 5) is 0. The van der Waals surface area contributed by atoms with Crippen LogP contribution in [0.5, 0.6) is 5.75 Å². The van der Waals surface area contributed by atoms with Gasteiger partial charge in [-0.1, -0.05) is 31.9 Å². The van der Waals surface area contributed by atoms with Crippen molar-refractivity contribution in [1.29, 1.82) is 0 Å². The van der Waals surface area contributed by atoms with E-state index in [4.69, 9.17) is 14.2 Å². The van der Waals surface area contributed by atoms with Gasteiger partial charge in [0.1, 0.15) is 5.75 Å². The molecule has 0 aliphatic rings. The number of methoxy groups -OCH3 is 2. The maximum absolute atomic E-state index is 5.70. The molecule has 0 bridgehead atoms. The second-order valence-electron chi connectivity index (χ2n) is 5.14. The first-order chi connectivity index (χ1) is 10.3. The lowest BCUT2D eigenvalue weighted by Crippen LogP contribution is -2.31. The van der Waals surface area contributed by atoms with Crippen molar-refractivity contribution in [3.8, 4) is 5.75 Å². The van der Waals surface area contributed by atoms with Crippen molar-refractivity contribution < 1.29 is 14.2 Å². The lowest BCUT2D eigenvalue weighted by Gasteiger charge is -2.15. The van der Waals surface area contributed by atoms with Crippen LogP contribution in [0.1, 0.15) is 31.7 Å². The summed E-state index contributed by atoms with van der Waals surface area (Å²) in [6.07, 6.45) is 3.66. The average Bonchev–Trinajstić information content (AvgIpc) is 2.52. The fraction of sp³-hybridized carbons (Fsp3) is 0.647. The highest BCUT2D eigenvalue weighted by atomic mass is 16.5. The van der Waals surface area contributed by atoms with Gasteiger partial charge in [-0.05, 0) is 24.1 Å². The Morgan fingerprint density at radius 3 is 2.48 bits per heavy atom. The summed E-state index contributed by atoms with van der Waals surface area (Å²) in [6.45, 7) is 5.20. The third kappa shape index (κ3) is 8.05. The van der Waals surface area contributed by atoms with Gasteiger partial charge in [0.05, 0.1) is 19.3 Å². The van der Waals surface area contributed by atoms with Crippen LogP contribution in [0.4, 0.5) is 0 Å². The fourth-order valence-corrected chi connectivity index (χ4v) is 2.02. The number of nitrogens with one attached hydrogen (secondary N) is 1. The van der Waals surface area contributed by atoms with Gasteiger partial charge in [-0.3, -0.25) is 0 Å². The largest absolute Gasteiger partial charge is 0.494 e. The van der Waals surface area contributed by atoms with Crippen molar-refractivity contribution in [3.05, 3.63) is 29.8 Å². The number of hydrogen-bond donors (Lipinski definition) is 1. The minimum absolute atomic E-state index is 0.0937. The van der Waals surface area contributed by atoms with Gasteiger partial charge in [-0.25, -0.2) is 0 Å². The van der Waals surface area contributed by atoms with Crippen molar-refractivity contribution in [2.75, 3.05) is 34.0 Å². The van der Waals surface area contributed by atoms with Gasteiger partial charge < -0.3 is 19.5 Å².